The molecule has 1 amide bonds. The summed E-state index contributed by atoms with van der Waals surface area (Å²) in [5, 5.41) is 7.79. The van der Waals surface area contributed by atoms with E-state index >= 15 is 0 Å². The maximum Gasteiger partial charge on any atom is 0.241 e. The van der Waals surface area contributed by atoms with Crippen LogP contribution in [0.15, 0.2) is 16.8 Å². The molecular weight excluding hydrogens is 268 g/mol. The number of nitrogens with one attached hydrogen (secondary N) is 1. The van der Waals surface area contributed by atoms with Crippen molar-refractivity contribution >= 4 is 17.2 Å². The van der Waals surface area contributed by atoms with E-state index in [1.54, 1.807) is 11.3 Å². The number of nitrogens with zero attached hydrogens (tertiary/aromatic N) is 1. The van der Waals surface area contributed by atoms with E-state index in [0.717, 1.165) is 31.7 Å². The SMILES string of the molecule is CCCC1NC(c2ccsc2)N(CCCC2CC2)C1=O. The van der Waals surface area contributed by atoms with Gasteiger partial charge in [-0.3, -0.25) is 10.1 Å². The van der Waals surface area contributed by atoms with Crippen LogP contribution in [0.2, 0.25) is 0 Å². The number of thiophene rings is 1. The van der Waals surface area contributed by atoms with Gasteiger partial charge in [-0.1, -0.05) is 26.2 Å². The second kappa shape index (κ2) is 6.27. The molecule has 2 heterocycles. The number of amides is 1. The van der Waals surface area contributed by atoms with Crippen LogP contribution in [0.25, 0.3) is 0 Å². The Kier molecular flexibility index (Phi) is 4.41. The number of carbonyl (C=O) groups excluding carboxylic acids is 1. The minimum Gasteiger partial charge on any atom is -0.322 e. The molecule has 110 valence electrons. The van der Waals surface area contributed by atoms with Crippen molar-refractivity contribution in [2.75, 3.05) is 6.54 Å². The average molecular weight is 292 g/mol. The number of carbonyl (C=O) groups is 1. The van der Waals surface area contributed by atoms with E-state index in [1.807, 2.05) is 0 Å². The summed E-state index contributed by atoms with van der Waals surface area (Å²) >= 11 is 1.71. The Bertz CT molecular complexity index is 441. The standard InChI is InChI=1S/C16H24N2OS/c1-2-4-14-16(19)18(9-3-5-12-6-7-12)15(17-14)13-8-10-20-11-13/h8,10-12,14-15,17H,2-7,9H2,1H3. The van der Waals surface area contributed by atoms with Crippen LogP contribution in [0, 0.1) is 5.92 Å². The summed E-state index contributed by atoms with van der Waals surface area (Å²) in [6.45, 7) is 3.05. The summed E-state index contributed by atoms with van der Waals surface area (Å²) in [6, 6.07) is 2.16. The Hall–Kier alpha value is -0.870. The smallest absolute Gasteiger partial charge is 0.241 e. The van der Waals surface area contributed by atoms with Gasteiger partial charge < -0.3 is 4.90 Å². The maximum atomic E-state index is 12.6. The monoisotopic (exact) mass is 292 g/mol. The second-order valence-corrected chi connectivity index (χ2v) is 6.86. The van der Waals surface area contributed by atoms with Crippen LogP contribution >= 0.6 is 11.3 Å². The Balaban J connectivity index is 1.66. The van der Waals surface area contributed by atoms with Gasteiger partial charge in [0.05, 0.1) is 6.04 Å². The van der Waals surface area contributed by atoms with Gasteiger partial charge in [0.1, 0.15) is 6.17 Å². The predicted octanol–water partition coefficient (Wildman–Crippen LogP) is 3.54. The summed E-state index contributed by atoms with van der Waals surface area (Å²) in [5.74, 6) is 1.26. The molecule has 2 fully saturated rings. The van der Waals surface area contributed by atoms with Crippen molar-refractivity contribution in [1.82, 2.24) is 10.2 Å². The molecule has 0 spiro atoms. The molecule has 2 unspecified atom stereocenters. The molecule has 2 atom stereocenters. The first kappa shape index (κ1) is 14.1. The zero-order chi connectivity index (χ0) is 13.9. The molecule has 1 N–H and O–H groups in total. The lowest BCUT2D eigenvalue weighted by Crippen LogP contribution is -2.32. The lowest BCUT2D eigenvalue weighted by Gasteiger charge is -2.23. The van der Waals surface area contributed by atoms with Crippen LogP contribution in [0.3, 0.4) is 0 Å². The van der Waals surface area contributed by atoms with Crippen LogP contribution < -0.4 is 5.32 Å². The maximum absolute atomic E-state index is 12.6. The highest BCUT2D eigenvalue weighted by Gasteiger charge is 2.38. The predicted molar refractivity (Wildman–Crippen MR) is 82.6 cm³/mol. The highest BCUT2D eigenvalue weighted by molar-refractivity contribution is 7.07. The van der Waals surface area contributed by atoms with Crippen molar-refractivity contribution in [2.24, 2.45) is 5.92 Å². The quantitative estimate of drug-likeness (QED) is 0.833. The molecule has 3 nitrogen and oxygen atoms in total. The fourth-order valence-corrected chi connectivity index (χ4v) is 3.76. The summed E-state index contributed by atoms with van der Waals surface area (Å²) in [6.07, 6.45) is 7.34. The first-order chi connectivity index (χ1) is 9.79. The van der Waals surface area contributed by atoms with Crippen LogP contribution in [0.4, 0.5) is 0 Å². The molecule has 0 bridgehead atoms. The molecule has 1 aliphatic heterocycles. The van der Waals surface area contributed by atoms with Gasteiger partial charge in [0.15, 0.2) is 0 Å². The molecule has 1 aromatic rings. The van der Waals surface area contributed by atoms with Gasteiger partial charge in [-0.2, -0.15) is 11.3 Å². The van der Waals surface area contributed by atoms with Gasteiger partial charge in [0.2, 0.25) is 5.91 Å². The third kappa shape index (κ3) is 3.07. The largest absolute Gasteiger partial charge is 0.322 e. The van der Waals surface area contributed by atoms with E-state index in [1.165, 1.54) is 24.8 Å². The fraction of sp³-hybridized carbons (Fsp3) is 0.688. The van der Waals surface area contributed by atoms with E-state index in [0.29, 0.717) is 5.91 Å². The third-order valence-electron chi connectivity index (χ3n) is 4.40. The average Bonchev–Trinajstić information content (AvgIpc) is 3.00. The van der Waals surface area contributed by atoms with Crippen LogP contribution in [-0.2, 0) is 4.79 Å². The summed E-state index contributed by atoms with van der Waals surface area (Å²) in [5.41, 5.74) is 1.24. The van der Waals surface area contributed by atoms with E-state index in [4.69, 9.17) is 0 Å². The van der Waals surface area contributed by atoms with Gasteiger partial charge in [0.25, 0.3) is 0 Å². The van der Waals surface area contributed by atoms with Crippen molar-refractivity contribution < 1.29 is 4.79 Å². The number of rotatable bonds is 7. The zero-order valence-corrected chi connectivity index (χ0v) is 13.0. The van der Waals surface area contributed by atoms with Gasteiger partial charge in [-0.25, -0.2) is 0 Å². The normalized spacial score (nSPS) is 26.4. The van der Waals surface area contributed by atoms with E-state index < -0.39 is 0 Å². The molecule has 1 saturated heterocycles. The van der Waals surface area contributed by atoms with Gasteiger partial charge in [-0.05, 0) is 47.6 Å². The van der Waals surface area contributed by atoms with Crippen molar-refractivity contribution in [3.63, 3.8) is 0 Å². The Morgan fingerprint density at radius 2 is 2.25 bits per heavy atom. The van der Waals surface area contributed by atoms with Crippen molar-refractivity contribution in [1.29, 1.82) is 0 Å². The Morgan fingerprint density at radius 1 is 1.40 bits per heavy atom. The minimum absolute atomic E-state index is 0.0193. The lowest BCUT2D eigenvalue weighted by atomic mass is 10.1. The molecular formula is C16H24N2OS. The van der Waals surface area contributed by atoms with E-state index in [-0.39, 0.29) is 12.2 Å². The fourth-order valence-electron chi connectivity index (χ4n) is 3.08. The molecule has 0 radical (unpaired) electrons. The summed E-state index contributed by atoms with van der Waals surface area (Å²) in [7, 11) is 0. The molecule has 1 saturated carbocycles. The summed E-state index contributed by atoms with van der Waals surface area (Å²) < 4.78 is 0. The van der Waals surface area contributed by atoms with Crippen molar-refractivity contribution in [3.8, 4) is 0 Å². The first-order valence-corrected chi connectivity index (χ1v) is 8.82. The molecule has 0 aromatic carbocycles. The first-order valence-electron chi connectivity index (χ1n) is 7.88. The minimum atomic E-state index is 0.0193. The Morgan fingerprint density at radius 3 is 2.90 bits per heavy atom. The molecule has 20 heavy (non-hydrogen) atoms. The highest BCUT2D eigenvalue weighted by atomic mass is 32.1. The molecule has 2 aliphatic rings. The van der Waals surface area contributed by atoms with Gasteiger partial charge in [-0.15, -0.1) is 0 Å². The number of hydrogen-bond donors (Lipinski definition) is 1. The second-order valence-electron chi connectivity index (χ2n) is 6.08. The van der Waals surface area contributed by atoms with Crippen molar-refractivity contribution in [2.45, 2.75) is 57.7 Å². The van der Waals surface area contributed by atoms with Crippen LogP contribution in [0.5, 0.6) is 0 Å². The highest BCUT2D eigenvalue weighted by Crippen LogP contribution is 2.34. The molecule has 1 aliphatic carbocycles. The topological polar surface area (TPSA) is 32.3 Å². The summed E-state index contributed by atoms with van der Waals surface area (Å²) in [4.78, 5) is 14.6. The Labute approximate surface area is 125 Å². The van der Waals surface area contributed by atoms with Crippen LogP contribution in [-0.4, -0.2) is 23.4 Å². The zero-order valence-electron chi connectivity index (χ0n) is 12.2. The number of hydrogen-bond acceptors (Lipinski definition) is 3. The van der Waals surface area contributed by atoms with Crippen LogP contribution in [0.1, 0.15) is 57.2 Å². The van der Waals surface area contributed by atoms with E-state index in [9.17, 15) is 4.79 Å². The molecule has 1 aromatic heterocycles. The van der Waals surface area contributed by atoms with Crippen molar-refractivity contribution in [3.05, 3.63) is 22.4 Å². The van der Waals surface area contributed by atoms with E-state index in [2.05, 4.69) is 34.0 Å². The molecule has 3 rings (SSSR count). The molecule has 4 heteroatoms. The van der Waals surface area contributed by atoms with Gasteiger partial charge >= 0.3 is 0 Å². The third-order valence-corrected chi connectivity index (χ3v) is 5.10. The van der Waals surface area contributed by atoms with Gasteiger partial charge in [0, 0.05) is 6.54 Å². The lowest BCUT2D eigenvalue weighted by molar-refractivity contribution is -0.130.